The maximum Gasteiger partial charge on any atom is 0.248 e. The van der Waals surface area contributed by atoms with E-state index in [1.165, 1.54) is 22.3 Å². The number of ether oxygens (including phenoxy) is 2. The molecule has 1 fully saturated rings. The summed E-state index contributed by atoms with van der Waals surface area (Å²) in [6.07, 6.45) is 3.93. The van der Waals surface area contributed by atoms with Crippen molar-refractivity contribution in [3.8, 4) is 11.5 Å². The molecule has 0 saturated heterocycles. The Bertz CT molecular complexity index is 1190. The predicted molar refractivity (Wildman–Crippen MR) is 132 cm³/mol. The lowest BCUT2D eigenvalue weighted by atomic mass is 10.0. The SMILES string of the molecule is O=C(NC1CCCC1)[C@H](c1ccccc1F)N(C(=O)Cc1cccs1)c1ccc2c(c1)OCCO2. The summed E-state index contributed by atoms with van der Waals surface area (Å²) >= 11 is 1.47. The highest BCUT2D eigenvalue weighted by Gasteiger charge is 2.36. The molecular formula is C27H27FN2O4S. The van der Waals surface area contributed by atoms with Crippen LogP contribution < -0.4 is 19.7 Å². The van der Waals surface area contributed by atoms with Crippen LogP contribution in [0.3, 0.4) is 0 Å². The fraction of sp³-hybridized carbons (Fsp3) is 0.333. The van der Waals surface area contributed by atoms with Crippen molar-refractivity contribution in [2.24, 2.45) is 0 Å². The second-order valence-corrected chi connectivity index (χ2v) is 9.79. The molecule has 0 bridgehead atoms. The molecule has 0 unspecified atom stereocenters. The van der Waals surface area contributed by atoms with Gasteiger partial charge in [-0.2, -0.15) is 0 Å². The first-order chi connectivity index (χ1) is 17.1. The molecule has 2 amide bonds. The van der Waals surface area contributed by atoms with Crippen LogP contribution in [0.15, 0.2) is 60.0 Å². The van der Waals surface area contributed by atoms with Crippen LogP contribution in [0.4, 0.5) is 10.1 Å². The molecule has 1 atom stereocenters. The van der Waals surface area contributed by atoms with Crippen molar-refractivity contribution in [1.29, 1.82) is 0 Å². The van der Waals surface area contributed by atoms with E-state index in [1.807, 2.05) is 17.5 Å². The van der Waals surface area contributed by atoms with E-state index >= 15 is 4.39 Å². The molecule has 1 saturated carbocycles. The number of amides is 2. The summed E-state index contributed by atoms with van der Waals surface area (Å²) in [6, 6.07) is 13.9. The Morgan fingerprint density at radius 2 is 1.80 bits per heavy atom. The van der Waals surface area contributed by atoms with E-state index < -0.39 is 17.8 Å². The van der Waals surface area contributed by atoms with E-state index in [9.17, 15) is 9.59 Å². The van der Waals surface area contributed by atoms with Gasteiger partial charge in [0.2, 0.25) is 11.8 Å². The predicted octanol–water partition coefficient (Wildman–Crippen LogP) is 5.03. The minimum atomic E-state index is -1.17. The summed E-state index contributed by atoms with van der Waals surface area (Å²) in [5.74, 6) is -0.171. The standard InChI is InChI=1S/C27H27FN2O4S/c28-22-10-4-3-9-21(22)26(27(32)29-18-6-1-2-7-18)30(25(31)17-20-8-5-15-35-20)19-11-12-23-24(16-19)34-14-13-33-23/h3-5,8-12,15-16,18,26H,1-2,6-7,13-14,17H2,(H,29,32)/t26-/m0/s1. The van der Waals surface area contributed by atoms with Gasteiger partial charge in [-0.3, -0.25) is 14.5 Å². The van der Waals surface area contributed by atoms with Crippen molar-refractivity contribution in [3.63, 3.8) is 0 Å². The number of carbonyl (C=O) groups is 2. The van der Waals surface area contributed by atoms with Crippen LogP contribution in [0.25, 0.3) is 0 Å². The van der Waals surface area contributed by atoms with E-state index in [4.69, 9.17) is 9.47 Å². The van der Waals surface area contributed by atoms with Crippen LogP contribution in [-0.4, -0.2) is 31.1 Å². The van der Waals surface area contributed by atoms with E-state index in [2.05, 4.69) is 5.32 Å². The van der Waals surface area contributed by atoms with Crippen molar-refractivity contribution in [2.75, 3.05) is 18.1 Å². The average molecular weight is 495 g/mol. The lowest BCUT2D eigenvalue weighted by Gasteiger charge is -2.33. The highest BCUT2D eigenvalue weighted by Crippen LogP contribution is 2.38. The molecule has 5 rings (SSSR count). The van der Waals surface area contributed by atoms with Crippen LogP contribution in [-0.2, 0) is 16.0 Å². The quantitative estimate of drug-likeness (QED) is 0.500. The second kappa shape index (κ2) is 10.5. The molecule has 2 aliphatic rings. The monoisotopic (exact) mass is 494 g/mol. The van der Waals surface area contributed by atoms with Crippen LogP contribution in [0, 0.1) is 5.82 Å². The third kappa shape index (κ3) is 5.17. The molecule has 8 heteroatoms. The fourth-order valence-corrected chi connectivity index (χ4v) is 5.41. The smallest absolute Gasteiger partial charge is 0.248 e. The number of rotatable bonds is 7. The Morgan fingerprint density at radius 1 is 1.03 bits per heavy atom. The van der Waals surface area contributed by atoms with Gasteiger partial charge in [-0.1, -0.05) is 37.1 Å². The van der Waals surface area contributed by atoms with Crippen molar-refractivity contribution in [1.82, 2.24) is 5.32 Å². The third-order valence-corrected chi connectivity index (χ3v) is 7.26. The summed E-state index contributed by atoms with van der Waals surface area (Å²) in [4.78, 5) is 29.8. The van der Waals surface area contributed by atoms with Gasteiger partial charge in [-0.25, -0.2) is 4.39 Å². The molecule has 182 valence electrons. The molecule has 0 radical (unpaired) electrons. The van der Waals surface area contributed by atoms with Gasteiger partial charge >= 0.3 is 0 Å². The number of nitrogens with zero attached hydrogens (tertiary/aromatic N) is 1. The lowest BCUT2D eigenvalue weighted by Crippen LogP contribution is -2.47. The zero-order valence-electron chi connectivity index (χ0n) is 19.2. The van der Waals surface area contributed by atoms with Crippen LogP contribution >= 0.6 is 11.3 Å². The molecule has 2 heterocycles. The number of carbonyl (C=O) groups excluding carboxylic acids is 2. The van der Waals surface area contributed by atoms with E-state index in [0.29, 0.717) is 30.4 Å². The Morgan fingerprint density at radius 3 is 2.54 bits per heavy atom. The number of fused-ring (bicyclic) bond motifs is 1. The van der Waals surface area contributed by atoms with Crippen LogP contribution in [0.2, 0.25) is 0 Å². The fourth-order valence-electron chi connectivity index (χ4n) is 4.71. The number of hydrogen-bond acceptors (Lipinski definition) is 5. The number of anilines is 1. The normalized spacial score (nSPS) is 16.0. The van der Waals surface area contributed by atoms with Crippen molar-refractivity contribution in [3.05, 3.63) is 76.2 Å². The van der Waals surface area contributed by atoms with Gasteiger partial charge in [0.1, 0.15) is 25.1 Å². The summed E-state index contributed by atoms with van der Waals surface area (Å²) in [6.45, 7) is 0.827. The summed E-state index contributed by atoms with van der Waals surface area (Å²) < 4.78 is 26.5. The summed E-state index contributed by atoms with van der Waals surface area (Å²) in [5.41, 5.74) is 0.600. The van der Waals surface area contributed by atoms with Gasteiger partial charge in [-0.05, 0) is 42.5 Å². The molecule has 3 aromatic rings. The third-order valence-electron chi connectivity index (χ3n) is 6.39. The van der Waals surface area contributed by atoms with E-state index in [1.54, 1.807) is 36.4 Å². The van der Waals surface area contributed by atoms with Gasteiger partial charge in [0.05, 0.1) is 6.42 Å². The second-order valence-electron chi connectivity index (χ2n) is 8.76. The maximum atomic E-state index is 15.1. The molecule has 1 aliphatic carbocycles. The van der Waals surface area contributed by atoms with Gasteiger partial charge in [-0.15, -0.1) is 11.3 Å². The molecule has 1 aromatic heterocycles. The number of thiophene rings is 1. The highest BCUT2D eigenvalue weighted by molar-refractivity contribution is 7.10. The van der Waals surface area contributed by atoms with Gasteiger partial charge < -0.3 is 14.8 Å². The molecule has 6 nitrogen and oxygen atoms in total. The molecule has 35 heavy (non-hydrogen) atoms. The Kier molecular flexibility index (Phi) is 6.99. The average Bonchev–Trinajstić information content (AvgIpc) is 3.57. The summed E-state index contributed by atoms with van der Waals surface area (Å²) in [7, 11) is 0. The zero-order valence-corrected chi connectivity index (χ0v) is 20.1. The van der Waals surface area contributed by atoms with Gasteiger partial charge in [0, 0.05) is 28.2 Å². The first-order valence-electron chi connectivity index (χ1n) is 11.9. The first kappa shape index (κ1) is 23.4. The number of benzene rings is 2. The molecule has 1 N–H and O–H groups in total. The minimum absolute atomic E-state index is 0.0197. The number of hydrogen-bond donors (Lipinski definition) is 1. The molecule has 1 aliphatic heterocycles. The van der Waals surface area contributed by atoms with Gasteiger partial charge in [0.25, 0.3) is 0 Å². The molecule has 2 aromatic carbocycles. The van der Waals surface area contributed by atoms with Gasteiger partial charge in [0.15, 0.2) is 11.5 Å². The van der Waals surface area contributed by atoms with Crippen molar-refractivity contribution in [2.45, 2.75) is 44.2 Å². The zero-order chi connectivity index (χ0) is 24.2. The minimum Gasteiger partial charge on any atom is -0.486 e. The van der Waals surface area contributed by atoms with E-state index in [0.717, 1.165) is 30.6 Å². The topological polar surface area (TPSA) is 67.9 Å². The molecule has 0 spiro atoms. The van der Waals surface area contributed by atoms with Crippen molar-refractivity contribution < 1.29 is 23.5 Å². The van der Waals surface area contributed by atoms with Crippen molar-refractivity contribution >= 4 is 28.8 Å². The Balaban J connectivity index is 1.59. The van der Waals surface area contributed by atoms with Crippen LogP contribution in [0.5, 0.6) is 11.5 Å². The first-order valence-corrected chi connectivity index (χ1v) is 12.8. The largest absolute Gasteiger partial charge is 0.486 e. The van der Waals surface area contributed by atoms with E-state index in [-0.39, 0.29) is 23.9 Å². The number of halogens is 1. The maximum absolute atomic E-state index is 15.1. The Labute approximate surface area is 207 Å². The Hall–Kier alpha value is -3.39. The summed E-state index contributed by atoms with van der Waals surface area (Å²) in [5, 5.41) is 4.98. The molecular weight excluding hydrogens is 467 g/mol. The lowest BCUT2D eigenvalue weighted by molar-refractivity contribution is -0.127. The van der Waals surface area contributed by atoms with Crippen LogP contribution in [0.1, 0.15) is 42.2 Å². The highest BCUT2D eigenvalue weighted by atomic mass is 32.1. The number of nitrogens with one attached hydrogen (secondary N) is 1.